The molecule has 5 nitrogen and oxygen atoms in total. The predicted octanol–water partition coefficient (Wildman–Crippen LogP) is 6.84. The minimum Gasteiger partial charge on any atom is -0.481 e. The number of ketones is 1. The second-order valence-electron chi connectivity index (χ2n) is 12.4. The van der Waals surface area contributed by atoms with Crippen molar-refractivity contribution in [3.8, 4) is 0 Å². The van der Waals surface area contributed by atoms with E-state index < -0.39 is 17.9 Å². The molecule has 0 aromatic heterocycles. The van der Waals surface area contributed by atoms with E-state index in [0.717, 1.165) is 37.7 Å². The highest BCUT2D eigenvalue weighted by Gasteiger charge is 2.63. The first-order valence-corrected chi connectivity index (χ1v) is 13.2. The summed E-state index contributed by atoms with van der Waals surface area (Å²) in [5.41, 5.74) is 3.42. The number of Topliss-reactive ketones (excluding diaryl/α,β-unsaturated/α-hetero) is 1. The Bertz CT molecular complexity index is 960. The van der Waals surface area contributed by atoms with Crippen molar-refractivity contribution in [1.82, 2.24) is 0 Å². The van der Waals surface area contributed by atoms with E-state index >= 15 is 0 Å². The number of carboxylic acids is 2. The monoisotopic (exact) mass is 484 g/mol. The number of aliphatic carboxylic acids is 2. The normalized spacial score (nSPS) is 35.9. The zero-order valence-corrected chi connectivity index (χ0v) is 22.3. The maximum Gasteiger partial charge on any atom is 0.306 e. The molecule has 2 N–H and O–H groups in total. The Morgan fingerprint density at radius 1 is 1.17 bits per heavy atom. The van der Waals surface area contributed by atoms with Gasteiger partial charge in [-0.1, -0.05) is 63.6 Å². The van der Waals surface area contributed by atoms with E-state index in [1.54, 1.807) is 6.92 Å². The van der Waals surface area contributed by atoms with Crippen LogP contribution in [0.5, 0.6) is 0 Å². The molecule has 0 aliphatic heterocycles. The molecule has 0 aromatic carbocycles. The van der Waals surface area contributed by atoms with Gasteiger partial charge in [0.15, 0.2) is 0 Å². The summed E-state index contributed by atoms with van der Waals surface area (Å²) >= 11 is 0. The molecule has 0 radical (unpaired) electrons. The van der Waals surface area contributed by atoms with Gasteiger partial charge in [-0.3, -0.25) is 14.4 Å². The summed E-state index contributed by atoms with van der Waals surface area (Å²) < 4.78 is 0. The van der Waals surface area contributed by atoms with Gasteiger partial charge in [-0.05, 0) is 74.0 Å². The lowest BCUT2D eigenvalue weighted by Gasteiger charge is -2.49. The predicted molar refractivity (Wildman–Crippen MR) is 138 cm³/mol. The highest BCUT2D eigenvalue weighted by atomic mass is 16.4. The Morgan fingerprint density at radius 2 is 1.83 bits per heavy atom. The van der Waals surface area contributed by atoms with Gasteiger partial charge in [0.05, 0.1) is 5.92 Å². The van der Waals surface area contributed by atoms with Gasteiger partial charge in [-0.2, -0.15) is 0 Å². The fraction of sp³-hybridized carbons (Fsp3) is 0.700. The zero-order valence-electron chi connectivity index (χ0n) is 22.3. The third-order valence-electron chi connectivity index (χ3n) is 10.5. The van der Waals surface area contributed by atoms with Crippen LogP contribution in [-0.4, -0.2) is 27.9 Å². The second-order valence-corrected chi connectivity index (χ2v) is 12.4. The average molecular weight is 485 g/mol. The first-order chi connectivity index (χ1) is 16.2. The lowest BCUT2D eigenvalue weighted by atomic mass is 9.55. The second kappa shape index (κ2) is 9.71. The summed E-state index contributed by atoms with van der Waals surface area (Å²) in [6, 6.07) is 0. The Morgan fingerprint density at radius 3 is 2.40 bits per heavy atom. The van der Waals surface area contributed by atoms with E-state index in [9.17, 15) is 24.6 Å². The first kappa shape index (κ1) is 27.4. The molecule has 0 saturated heterocycles. The molecular weight excluding hydrogens is 440 g/mol. The van der Waals surface area contributed by atoms with Crippen molar-refractivity contribution < 1.29 is 24.6 Å². The Kier molecular flexibility index (Phi) is 7.60. The van der Waals surface area contributed by atoms with E-state index in [2.05, 4.69) is 46.9 Å². The van der Waals surface area contributed by atoms with E-state index in [1.165, 1.54) is 11.1 Å². The molecule has 1 spiro atoms. The fourth-order valence-electron chi connectivity index (χ4n) is 7.96. The van der Waals surface area contributed by atoms with Crippen molar-refractivity contribution in [3.63, 3.8) is 0 Å². The first-order valence-electron chi connectivity index (χ1n) is 13.2. The third kappa shape index (κ3) is 4.68. The van der Waals surface area contributed by atoms with Gasteiger partial charge < -0.3 is 10.2 Å². The molecule has 0 amide bonds. The highest BCUT2D eigenvalue weighted by molar-refractivity contribution is 5.83. The van der Waals surface area contributed by atoms with E-state index in [0.29, 0.717) is 12.8 Å². The van der Waals surface area contributed by atoms with Gasteiger partial charge in [-0.15, -0.1) is 0 Å². The number of carbonyl (C=O) groups is 3. The van der Waals surface area contributed by atoms with Crippen molar-refractivity contribution in [3.05, 3.63) is 36.0 Å². The molecule has 2 saturated carbocycles. The van der Waals surface area contributed by atoms with Crippen molar-refractivity contribution in [2.24, 2.45) is 39.9 Å². The van der Waals surface area contributed by atoms with Gasteiger partial charge in [0.25, 0.3) is 0 Å². The van der Waals surface area contributed by atoms with Crippen molar-refractivity contribution in [2.45, 2.75) is 92.4 Å². The minimum atomic E-state index is -0.928. The molecule has 35 heavy (non-hydrogen) atoms. The lowest BCUT2D eigenvalue weighted by molar-refractivity contribution is -0.143. The number of fused-ring (bicyclic) bond motifs is 1. The summed E-state index contributed by atoms with van der Waals surface area (Å²) in [5, 5.41) is 18.7. The average Bonchev–Trinajstić information content (AvgIpc) is 3.28. The number of carbonyl (C=O) groups excluding carboxylic acids is 1. The summed E-state index contributed by atoms with van der Waals surface area (Å²) in [4.78, 5) is 35.6. The summed E-state index contributed by atoms with van der Waals surface area (Å²) in [6.07, 6.45) is 8.32. The van der Waals surface area contributed by atoms with Crippen molar-refractivity contribution in [2.75, 3.05) is 0 Å². The van der Waals surface area contributed by atoms with Crippen LogP contribution in [-0.2, 0) is 14.4 Å². The number of hydrogen-bond acceptors (Lipinski definition) is 3. The van der Waals surface area contributed by atoms with Crippen LogP contribution in [0, 0.1) is 39.9 Å². The van der Waals surface area contributed by atoms with Gasteiger partial charge in [0, 0.05) is 24.7 Å². The van der Waals surface area contributed by atoms with Crippen LogP contribution < -0.4 is 0 Å². The number of allylic oxidation sites excluding steroid dienone is 4. The maximum absolute atomic E-state index is 12.8. The fourth-order valence-corrected chi connectivity index (χ4v) is 7.96. The molecule has 194 valence electrons. The van der Waals surface area contributed by atoms with Gasteiger partial charge in [-0.25, -0.2) is 0 Å². The summed E-state index contributed by atoms with van der Waals surface area (Å²) in [5.74, 6) is -1.69. The SMILES string of the molecule is C=C(C)C1CC=C2CC3(CC2C1(C)CCC(=O)O)C(=C)CCC3(C)C(C)CC(=O)CC(C)C(=O)O. The molecule has 7 atom stereocenters. The Hall–Kier alpha value is -2.17. The molecule has 2 fully saturated rings. The summed E-state index contributed by atoms with van der Waals surface area (Å²) in [7, 11) is 0. The van der Waals surface area contributed by atoms with Crippen LogP contribution in [0.3, 0.4) is 0 Å². The number of hydrogen-bond donors (Lipinski definition) is 2. The molecule has 0 heterocycles. The van der Waals surface area contributed by atoms with Crippen LogP contribution in [0.15, 0.2) is 36.0 Å². The molecular formula is C30H44O5. The van der Waals surface area contributed by atoms with Gasteiger partial charge in [0.2, 0.25) is 0 Å². The quantitative estimate of drug-likeness (QED) is 0.331. The zero-order chi connectivity index (χ0) is 26.3. The Balaban J connectivity index is 1.92. The molecule has 5 heteroatoms. The van der Waals surface area contributed by atoms with E-state index in [1.807, 2.05) is 0 Å². The molecule has 3 aliphatic carbocycles. The van der Waals surface area contributed by atoms with Gasteiger partial charge in [0.1, 0.15) is 5.78 Å². The standard InChI is InChI=1S/C30H44O5/c1-18(2)24-9-8-22-16-30(17-25(22)28(24,6)12-11-26(32)33)20(4)10-13-29(30,7)21(5)15-23(31)14-19(3)27(34)35/h8,19,21,24-25H,1,4,9-17H2,2-3,5-7H3,(H,32,33)(H,34,35). The maximum atomic E-state index is 12.8. The third-order valence-corrected chi connectivity index (χ3v) is 10.5. The lowest BCUT2D eigenvalue weighted by Crippen LogP contribution is -2.42. The highest BCUT2D eigenvalue weighted by Crippen LogP contribution is 2.72. The molecule has 7 unspecified atom stereocenters. The van der Waals surface area contributed by atoms with E-state index in [-0.39, 0.29) is 52.6 Å². The number of carboxylic acid groups (broad SMARTS) is 2. The van der Waals surface area contributed by atoms with Crippen molar-refractivity contribution in [1.29, 1.82) is 0 Å². The van der Waals surface area contributed by atoms with Crippen molar-refractivity contribution >= 4 is 17.7 Å². The van der Waals surface area contributed by atoms with Crippen LogP contribution in [0.25, 0.3) is 0 Å². The smallest absolute Gasteiger partial charge is 0.306 e. The molecule has 3 rings (SSSR count). The van der Waals surface area contributed by atoms with Crippen LogP contribution in [0.1, 0.15) is 92.4 Å². The van der Waals surface area contributed by atoms with Crippen LogP contribution >= 0.6 is 0 Å². The molecule has 0 bridgehead atoms. The topological polar surface area (TPSA) is 91.7 Å². The largest absolute Gasteiger partial charge is 0.481 e. The minimum absolute atomic E-state index is 0.0181. The molecule has 3 aliphatic rings. The number of rotatable bonds is 10. The Labute approximate surface area is 210 Å². The van der Waals surface area contributed by atoms with Crippen LogP contribution in [0.2, 0.25) is 0 Å². The van der Waals surface area contributed by atoms with Gasteiger partial charge >= 0.3 is 11.9 Å². The van der Waals surface area contributed by atoms with Crippen LogP contribution in [0.4, 0.5) is 0 Å². The summed E-state index contributed by atoms with van der Waals surface area (Å²) in [6.45, 7) is 19.2. The molecule has 0 aromatic rings. The van der Waals surface area contributed by atoms with E-state index in [4.69, 9.17) is 0 Å².